The van der Waals surface area contributed by atoms with E-state index in [0.717, 1.165) is 12.3 Å². The molecule has 0 aliphatic heterocycles. The van der Waals surface area contributed by atoms with E-state index in [1.807, 2.05) is 0 Å². The molecule has 0 saturated carbocycles. The van der Waals surface area contributed by atoms with Crippen molar-refractivity contribution >= 4 is 0 Å². The molecule has 1 aliphatic rings. The predicted molar refractivity (Wildman–Crippen MR) is 47.6 cm³/mol. The lowest BCUT2D eigenvalue weighted by atomic mass is 9.90. The van der Waals surface area contributed by atoms with Crippen molar-refractivity contribution in [3.05, 3.63) is 11.6 Å². The molecule has 1 heteroatoms. The van der Waals surface area contributed by atoms with E-state index in [-0.39, 0.29) is 0 Å². The standard InChI is InChI=1S/C10H18O/c1-8(2)9-4-6-10(11-3)7-5-9/h4,8,10H,5-7H2,1-3H3/t10-/m0/s1. The van der Waals surface area contributed by atoms with Gasteiger partial charge >= 0.3 is 0 Å². The Morgan fingerprint density at radius 1 is 1.55 bits per heavy atom. The Hall–Kier alpha value is -0.300. The van der Waals surface area contributed by atoms with Crippen LogP contribution in [0.25, 0.3) is 0 Å². The number of allylic oxidation sites excluding steroid dienone is 1. The Morgan fingerprint density at radius 3 is 2.64 bits per heavy atom. The van der Waals surface area contributed by atoms with Gasteiger partial charge in [-0.25, -0.2) is 0 Å². The molecule has 1 aliphatic carbocycles. The topological polar surface area (TPSA) is 9.23 Å². The smallest absolute Gasteiger partial charge is 0.0608 e. The molecule has 0 spiro atoms. The van der Waals surface area contributed by atoms with Gasteiger partial charge in [0.25, 0.3) is 0 Å². The molecule has 0 amide bonds. The number of rotatable bonds is 2. The van der Waals surface area contributed by atoms with Crippen LogP contribution in [-0.4, -0.2) is 13.2 Å². The van der Waals surface area contributed by atoms with Crippen molar-refractivity contribution in [2.75, 3.05) is 7.11 Å². The summed E-state index contributed by atoms with van der Waals surface area (Å²) in [5.41, 5.74) is 1.61. The molecule has 0 bridgehead atoms. The first-order valence-corrected chi connectivity index (χ1v) is 4.45. The van der Waals surface area contributed by atoms with Crippen molar-refractivity contribution in [3.63, 3.8) is 0 Å². The zero-order valence-electron chi connectivity index (χ0n) is 7.76. The van der Waals surface area contributed by atoms with E-state index in [4.69, 9.17) is 4.74 Å². The van der Waals surface area contributed by atoms with E-state index in [1.54, 1.807) is 12.7 Å². The first-order chi connectivity index (χ1) is 5.24. The van der Waals surface area contributed by atoms with Crippen molar-refractivity contribution in [3.8, 4) is 0 Å². The summed E-state index contributed by atoms with van der Waals surface area (Å²) < 4.78 is 5.27. The highest BCUT2D eigenvalue weighted by atomic mass is 16.5. The lowest BCUT2D eigenvalue weighted by Gasteiger charge is -2.22. The maximum absolute atomic E-state index is 5.27. The quantitative estimate of drug-likeness (QED) is 0.556. The second-order valence-electron chi connectivity index (χ2n) is 3.57. The minimum absolute atomic E-state index is 0.484. The summed E-state index contributed by atoms with van der Waals surface area (Å²) in [6.45, 7) is 4.53. The summed E-state index contributed by atoms with van der Waals surface area (Å²) >= 11 is 0. The van der Waals surface area contributed by atoms with Crippen LogP contribution in [0.1, 0.15) is 33.1 Å². The van der Waals surface area contributed by atoms with Crippen LogP contribution < -0.4 is 0 Å². The molecule has 0 fully saturated rings. The van der Waals surface area contributed by atoms with Crippen LogP contribution in [0.3, 0.4) is 0 Å². The molecule has 0 aromatic rings. The normalized spacial score (nSPS) is 25.5. The molecule has 1 rings (SSSR count). The maximum atomic E-state index is 5.27. The molecule has 0 unspecified atom stereocenters. The zero-order chi connectivity index (χ0) is 8.27. The fourth-order valence-corrected chi connectivity index (χ4v) is 1.57. The van der Waals surface area contributed by atoms with Gasteiger partial charge in [0.2, 0.25) is 0 Å². The Bertz CT molecular complexity index is 147. The van der Waals surface area contributed by atoms with Crippen LogP contribution in [0, 0.1) is 5.92 Å². The second kappa shape index (κ2) is 3.91. The van der Waals surface area contributed by atoms with E-state index in [2.05, 4.69) is 19.9 Å². The van der Waals surface area contributed by atoms with Crippen LogP contribution in [0.5, 0.6) is 0 Å². The monoisotopic (exact) mass is 154 g/mol. The van der Waals surface area contributed by atoms with Crippen molar-refractivity contribution in [2.45, 2.75) is 39.2 Å². The molecule has 11 heavy (non-hydrogen) atoms. The van der Waals surface area contributed by atoms with Gasteiger partial charge in [0.1, 0.15) is 0 Å². The third kappa shape index (κ3) is 2.33. The van der Waals surface area contributed by atoms with Crippen LogP contribution in [0.2, 0.25) is 0 Å². The van der Waals surface area contributed by atoms with Gasteiger partial charge in [-0.3, -0.25) is 0 Å². The first kappa shape index (κ1) is 8.79. The summed E-state index contributed by atoms with van der Waals surface area (Å²) in [5, 5.41) is 0. The Morgan fingerprint density at radius 2 is 2.27 bits per heavy atom. The van der Waals surface area contributed by atoms with Crippen LogP contribution >= 0.6 is 0 Å². The predicted octanol–water partition coefficient (Wildman–Crippen LogP) is 2.77. The molecule has 64 valence electrons. The molecular formula is C10H18O. The van der Waals surface area contributed by atoms with Crippen molar-refractivity contribution in [1.29, 1.82) is 0 Å². The van der Waals surface area contributed by atoms with Gasteiger partial charge in [-0.2, -0.15) is 0 Å². The highest BCUT2D eigenvalue weighted by molar-refractivity contribution is 5.09. The average Bonchev–Trinajstić information content (AvgIpc) is 2.05. The lowest BCUT2D eigenvalue weighted by molar-refractivity contribution is 0.0931. The molecule has 0 heterocycles. The zero-order valence-corrected chi connectivity index (χ0v) is 7.76. The van der Waals surface area contributed by atoms with Crippen LogP contribution in [-0.2, 0) is 4.74 Å². The molecule has 1 atom stereocenters. The summed E-state index contributed by atoms with van der Waals surface area (Å²) in [5.74, 6) is 0.729. The number of ether oxygens (including phenoxy) is 1. The van der Waals surface area contributed by atoms with E-state index in [0.29, 0.717) is 6.10 Å². The van der Waals surface area contributed by atoms with E-state index in [9.17, 15) is 0 Å². The Kier molecular flexibility index (Phi) is 3.13. The fourth-order valence-electron chi connectivity index (χ4n) is 1.57. The van der Waals surface area contributed by atoms with Gasteiger partial charge in [0.15, 0.2) is 0 Å². The molecule has 0 saturated heterocycles. The van der Waals surface area contributed by atoms with Crippen molar-refractivity contribution in [1.82, 2.24) is 0 Å². The summed E-state index contributed by atoms with van der Waals surface area (Å²) in [6, 6.07) is 0. The van der Waals surface area contributed by atoms with Gasteiger partial charge in [-0.1, -0.05) is 25.5 Å². The minimum atomic E-state index is 0.484. The van der Waals surface area contributed by atoms with E-state index >= 15 is 0 Å². The van der Waals surface area contributed by atoms with Crippen LogP contribution in [0.4, 0.5) is 0 Å². The van der Waals surface area contributed by atoms with E-state index < -0.39 is 0 Å². The highest BCUT2D eigenvalue weighted by Gasteiger charge is 2.14. The average molecular weight is 154 g/mol. The number of methoxy groups -OCH3 is 1. The van der Waals surface area contributed by atoms with Gasteiger partial charge in [-0.05, 0) is 25.2 Å². The largest absolute Gasteiger partial charge is 0.381 e. The molecule has 0 N–H and O–H groups in total. The maximum Gasteiger partial charge on any atom is 0.0608 e. The molecule has 1 nitrogen and oxygen atoms in total. The summed E-state index contributed by atoms with van der Waals surface area (Å²) in [4.78, 5) is 0. The van der Waals surface area contributed by atoms with Crippen molar-refractivity contribution < 1.29 is 4.74 Å². The van der Waals surface area contributed by atoms with Gasteiger partial charge in [0, 0.05) is 7.11 Å². The van der Waals surface area contributed by atoms with Gasteiger partial charge in [0.05, 0.1) is 6.10 Å². The van der Waals surface area contributed by atoms with Gasteiger partial charge < -0.3 is 4.74 Å². The number of hydrogen-bond donors (Lipinski definition) is 0. The fraction of sp³-hybridized carbons (Fsp3) is 0.800. The Balaban J connectivity index is 2.44. The molecular weight excluding hydrogens is 136 g/mol. The molecule has 0 aromatic heterocycles. The molecule has 0 radical (unpaired) electrons. The number of hydrogen-bond acceptors (Lipinski definition) is 1. The highest BCUT2D eigenvalue weighted by Crippen LogP contribution is 2.25. The minimum Gasteiger partial charge on any atom is -0.381 e. The second-order valence-corrected chi connectivity index (χ2v) is 3.57. The van der Waals surface area contributed by atoms with Gasteiger partial charge in [-0.15, -0.1) is 0 Å². The first-order valence-electron chi connectivity index (χ1n) is 4.45. The molecule has 0 aromatic carbocycles. The van der Waals surface area contributed by atoms with E-state index in [1.165, 1.54) is 12.8 Å². The van der Waals surface area contributed by atoms with Crippen LogP contribution in [0.15, 0.2) is 11.6 Å². The third-order valence-corrected chi connectivity index (χ3v) is 2.47. The van der Waals surface area contributed by atoms with Crippen molar-refractivity contribution in [2.24, 2.45) is 5.92 Å². The SMILES string of the molecule is CO[C@H]1CC=C(C(C)C)CC1. The summed E-state index contributed by atoms with van der Waals surface area (Å²) in [7, 11) is 1.80. The third-order valence-electron chi connectivity index (χ3n) is 2.47. The summed E-state index contributed by atoms with van der Waals surface area (Å²) in [6.07, 6.45) is 6.39. The Labute approximate surface area is 69.4 Å². The lowest BCUT2D eigenvalue weighted by Crippen LogP contribution is -2.15.